The van der Waals surface area contributed by atoms with Gasteiger partial charge >= 0.3 is 0 Å². The molecule has 1 N–H and O–H groups in total. The minimum absolute atomic E-state index is 0.0474. The smallest absolute Gasteiger partial charge is 0.258 e. The highest BCUT2D eigenvalue weighted by atomic mass is 32.1. The molecule has 0 atom stereocenters. The van der Waals surface area contributed by atoms with Gasteiger partial charge in [0.2, 0.25) is 5.13 Å². The molecule has 108 valence electrons. The standard InChI is InChI=1S/C14H19N3OS2/c1-6-9-8(2)19-7-10(9)11(18)15-13-17-16-12(20-13)14(3,4)5/h7H,6H2,1-5H3,(H,15,17,18). The minimum Gasteiger partial charge on any atom is -0.296 e. The van der Waals surface area contributed by atoms with Crippen LogP contribution in [0.4, 0.5) is 5.13 Å². The molecule has 0 spiro atoms. The highest BCUT2D eigenvalue weighted by molar-refractivity contribution is 7.15. The summed E-state index contributed by atoms with van der Waals surface area (Å²) < 4.78 is 0. The van der Waals surface area contributed by atoms with Gasteiger partial charge in [0.15, 0.2) is 0 Å². The summed E-state index contributed by atoms with van der Waals surface area (Å²) in [6, 6.07) is 0. The first kappa shape index (κ1) is 15.1. The number of nitrogens with one attached hydrogen (secondary N) is 1. The third-order valence-electron chi connectivity index (χ3n) is 2.99. The molecule has 4 nitrogen and oxygen atoms in total. The van der Waals surface area contributed by atoms with Crippen LogP contribution in [0.1, 0.15) is 53.5 Å². The Hall–Kier alpha value is -1.27. The summed E-state index contributed by atoms with van der Waals surface area (Å²) in [6.45, 7) is 10.3. The fraction of sp³-hybridized carbons (Fsp3) is 0.500. The Labute approximate surface area is 127 Å². The molecule has 0 unspecified atom stereocenters. The first-order valence-electron chi connectivity index (χ1n) is 6.55. The van der Waals surface area contributed by atoms with Gasteiger partial charge in [-0.1, -0.05) is 39.0 Å². The molecule has 0 aliphatic heterocycles. The first-order valence-corrected chi connectivity index (χ1v) is 8.24. The number of hydrogen-bond donors (Lipinski definition) is 1. The Kier molecular flexibility index (Phi) is 4.25. The lowest BCUT2D eigenvalue weighted by Gasteiger charge is -2.12. The zero-order valence-electron chi connectivity index (χ0n) is 12.4. The van der Waals surface area contributed by atoms with Crippen LogP contribution >= 0.6 is 22.7 Å². The van der Waals surface area contributed by atoms with Crippen LogP contribution in [0.25, 0.3) is 0 Å². The number of hydrogen-bond acceptors (Lipinski definition) is 5. The van der Waals surface area contributed by atoms with Crippen molar-refractivity contribution >= 4 is 33.7 Å². The van der Waals surface area contributed by atoms with Crippen molar-refractivity contribution < 1.29 is 4.79 Å². The van der Waals surface area contributed by atoms with Crippen LogP contribution in [-0.4, -0.2) is 16.1 Å². The predicted molar refractivity (Wildman–Crippen MR) is 85.0 cm³/mol. The molecule has 0 saturated carbocycles. The van der Waals surface area contributed by atoms with Gasteiger partial charge in [0.1, 0.15) is 5.01 Å². The van der Waals surface area contributed by atoms with Crippen LogP contribution in [0.15, 0.2) is 5.38 Å². The van der Waals surface area contributed by atoms with E-state index in [4.69, 9.17) is 0 Å². The number of rotatable bonds is 3. The molecule has 0 aromatic carbocycles. The number of nitrogens with zero attached hydrogens (tertiary/aromatic N) is 2. The zero-order chi connectivity index (χ0) is 14.9. The average Bonchev–Trinajstić information content (AvgIpc) is 2.94. The predicted octanol–water partition coefficient (Wildman–Crippen LogP) is 4.02. The van der Waals surface area contributed by atoms with Crippen LogP contribution in [-0.2, 0) is 11.8 Å². The van der Waals surface area contributed by atoms with E-state index in [1.165, 1.54) is 16.2 Å². The molecule has 1 amide bonds. The van der Waals surface area contributed by atoms with E-state index in [1.54, 1.807) is 11.3 Å². The quantitative estimate of drug-likeness (QED) is 0.931. The second kappa shape index (κ2) is 5.61. The Bertz CT molecular complexity index is 623. The SMILES string of the molecule is CCc1c(C(=O)Nc2nnc(C(C)(C)C)s2)csc1C. The maximum Gasteiger partial charge on any atom is 0.258 e. The largest absolute Gasteiger partial charge is 0.296 e. The molecule has 0 fully saturated rings. The lowest BCUT2D eigenvalue weighted by atomic mass is 9.98. The van der Waals surface area contributed by atoms with Gasteiger partial charge in [0.05, 0.1) is 5.56 Å². The van der Waals surface area contributed by atoms with Gasteiger partial charge in [-0.05, 0) is 18.9 Å². The van der Waals surface area contributed by atoms with Crippen molar-refractivity contribution in [3.8, 4) is 0 Å². The number of thiophene rings is 1. The summed E-state index contributed by atoms with van der Waals surface area (Å²) in [5.74, 6) is -0.0946. The Morgan fingerprint density at radius 3 is 2.60 bits per heavy atom. The minimum atomic E-state index is -0.0946. The molecule has 0 aliphatic rings. The molecular weight excluding hydrogens is 290 g/mol. The van der Waals surface area contributed by atoms with E-state index in [2.05, 4.69) is 43.2 Å². The van der Waals surface area contributed by atoms with E-state index in [1.807, 2.05) is 12.3 Å². The van der Waals surface area contributed by atoms with E-state index in [-0.39, 0.29) is 11.3 Å². The summed E-state index contributed by atoms with van der Waals surface area (Å²) in [5.41, 5.74) is 1.82. The zero-order valence-corrected chi connectivity index (χ0v) is 14.0. The fourth-order valence-corrected chi connectivity index (χ4v) is 3.59. The molecule has 6 heteroatoms. The van der Waals surface area contributed by atoms with E-state index < -0.39 is 0 Å². The Morgan fingerprint density at radius 1 is 1.35 bits per heavy atom. The highest BCUT2D eigenvalue weighted by Crippen LogP contribution is 2.29. The Balaban J connectivity index is 2.18. The van der Waals surface area contributed by atoms with Crippen molar-refractivity contribution in [3.63, 3.8) is 0 Å². The molecule has 0 saturated heterocycles. The lowest BCUT2D eigenvalue weighted by molar-refractivity contribution is 0.102. The lowest BCUT2D eigenvalue weighted by Crippen LogP contribution is -2.12. The molecule has 0 bridgehead atoms. The van der Waals surface area contributed by atoms with Gasteiger partial charge in [-0.3, -0.25) is 10.1 Å². The van der Waals surface area contributed by atoms with Crippen molar-refractivity contribution in [2.24, 2.45) is 0 Å². The summed E-state index contributed by atoms with van der Waals surface area (Å²) in [4.78, 5) is 13.5. The second-order valence-corrected chi connectivity index (χ2v) is 7.72. The van der Waals surface area contributed by atoms with Crippen molar-refractivity contribution in [1.29, 1.82) is 0 Å². The molecule has 0 radical (unpaired) electrons. The van der Waals surface area contributed by atoms with Gasteiger partial charge < -0.3 is 0 Å². The van der Waals surface area contributed by atoms with Crippen LogP contribution in [0, 0.1) is 6.92 Å². The number of anilines is 1. The van der Waals surface area contributed by atoms with Gasteiger partial charge in [-0.2, -0.15) is 0 Å². The van der Waals surface area contributed by atoms with E-state index in [0.717, 1.165) is 22.6 Å². The number of carbonyl (C=O) groups excluding carboxylic acids is 1. The van der Waals surface area contributed by atoms with Crippen LogP contribution in [0.2, 0.25) is 0 Å². The van der Waals surface area contributed by atoms with Crippen molar-refractivity contribution in [2.45, 2.75) is 46.5 Å². The molecule has 2 aromatic rings. The second-order valence-electron chi connectivity index (χ2n) is 5.65. The van der Waals surface area contributed by atoms with Crippen molar-refractivity contribution in [1.82, 2.24) is 10.2 Å². The average molecular weight is 309 g/mol. The third-order valence-corrected chi connectivity index (χ3v) is 5.21. The molecular formula is C14H19N3OS2. The highest BCUT2D eigenvalue weighted by Gasteiger charge is 2.21. The van der Waals surface area contributed by atoms with E-state index in [0.29, 0.717) is 5.13 Å². The van der Waals surface area contributed by atoms with Crippen LogP contribution in [0.3, 0.4) is 0 Å². The van der Waals surface area contributed by atoms with E-state index >= 15 is 0 Å². The van der Waals surface area contributed by atoms with Crippen LogP contribution < -0.4 is 5.32 Å². The third kappa shape index (κ3) is 3.07. The molecule has 2 heterocycles. The number of carbonyl (C=O) groups is 1. The topological polar surface area (TPSA) is 54.9 Å². The van der Waals surface area contributed by atoms with Crippen molar-refractivity contribution in [3.05, 3.63) is 26.4 Å². The summed E-state index contributed by atoms with van der Waals surface area (Å²) in [6.07, 6.45) is 0.863. The van der Waals surface area contributed by atoms with E-state index in [9.17, 15) is 4.79 Å². The summed E-state index contributed by atoms with van der Waals surface area (Å²) in [5, 5.41) is 14.4. The first-order chi connectivity index (χ1) is 9.32. The Morgan fingerprint density at radius 2 is 2.05 bits per heavy atom. The summed E-state index contributed by atoms with van der Waals surface area (Å²) >= 11 is 3.04. The molecule has 2 aromatic heterocycles. The number of amides is 1. The van der Waals surface area contributed by atoms with Gasteiger partial charge in [-0.15, -0.1) is 21.5 Å². The molecule has 2 rings (SSSR count). The number of aromatic nitrogens is 2. The fourth-order valence-electron chi connectivity index (χ4n) is 1.85. The van der Waals surface area contributed by atoms with Crippen molar-refractivity contribution in [2.75, 3.05) is 5.32 Å². The summed E-state index contributed by atoms with van der Waals surface area (Å²) in [7, 11) is 0. The monoisotopic (exact) mass is 309 g/mol. The molecule has 0 aliphatic carbocycles. The normalized spacial score (nSPS) is 11.7. The van der Waals surface area contributed by atoms with Gasteiger partial charge in [0, 0.05) is 15.7 Å². The maximum absolute atomic E-state index is 12.3. The number of aryl methyl sites for hydroxylation is 1. The molecule has 20 heavy (non-hydrogen) atoms. The van der Waals surface area contributed by atoms with Crippen LogP contribution in [0.5, 0.6) is 0 Å². The van der Waals surface area contributed by atoms with Gasteiger partial charge in [0.25, 0.3) is 5.91 Å². The maximum atomic E-state index is 12.3. The van der Waals surface area contributed by atoms with Gasteiger partial charge in [-0.25, -0.2) is 0 Å².